The van der Waals surface area contributed by atoms with Crippen LogP contribution in [-0.4, -0.2) is 31.7 Å². The standard InChI is InChI=1S/C14H29N3O/c1-2-3-10-16-14(18)17-12-11-15-13-8-6-4-5-7-9-13/h13,15H,2-12H2,1H3,(H2,16,17,18). The smallest absolute Gasteiger partial charge is 0.314 e. The SMILES string of the molecule is CCCCNC(=O)NCCNC1CCCCCC1. The fourth-order valence-corrected chi connectivity index (χ4v) is 2.38. The highest BCUT2D eigenvalue weighted by molar-refractivity contribution is 5.73. The van der Waals surface area contributed by atoms with Gasteiger partial charge >= 0.3 is 6.03 Å². The third kappa shape index (κ3) is 7.54. The van der Waals surface area contributed by atoms with E-state index in [4.69, 9.17) is 0 Å². The van der Waals surface area contributed by atoms with Crippen molar-refractivity contribution in [3.63, 3.8) is 0 Å². The Hall–Kier alpha value is -0.770. The van der Waals surface area contributed by atoms with Crippen LogP contribution in [0.1, 0.15) is 58.3 Å². The van der Waals surface area contributed by atoms with Crippen molar-refractivity contribution in [3.8, 4) is 0 Å². The van der Waals surface area contributed by atoms with Crippen LogP contribution in [0, 0.1) is 0 Å². The molecule has 1 aliphatic carbocycles. The van der Waals surface area contributed by atoms with Gasteiger partial charge in [-0.05, 0) is 19.3 Å². The van der Waals surface area contributed by atoms with Crippen LogP contribution >= 0.6 is 0 Å². The molecular formula is C14H29N3O. The molecule has 106 valence electrons. The molecule has 0 saturated heterocycles. The molecule has 0 aliphatic heterocycles. The van der Waals surface area contributed by atoms with Gasteiger partial charge in [0, 0.05) is 25.7 Å². The Morgan fingerprint density at radius 3 is 2.33 bits per heavy atom. The van der Waals surface area contributed by atoms with Gasteiger partial charge in [-0.1, -0.05) is 39.0 Å². The first kappa shape index (κ1) is 15.3. The van der Waals surface area contributed by atoms with Gasteiger partial charge in [0.2, 0.25) is 0 Å². The molecule has 0 atom stereocenters. The maximum atomic E-state index is 11.4. The van der Waals surface area contributed by atoms with Gasteiger partial charge in [-0.25, -0.2) is 4.79 Å². The lowest BCUT2D eigenvalue weighted by Gasteiger charge is -2.16. The Bertz CT molecular complexity index is 213. The van der Waals surface area contributed by atoms with Gasteiger partial charge in [0.05, 0.1) is 0 Å². The molecule has 1 fully saturated rings. The monoisotopic (exact) mass is 255 g/mol. The minimum atomic E-state index is -0.0360. The number of urea groups is 1. The summed E-state index contributed by atoms with van der Waals surface area (Å²) in [5, 5.41) is 9.28. The molecule has 0 radical (unpaired) electrons. The number of hydrogen-bond donors (Lipinski definition) is 3. The minimum absolute atomic E-state index is 0.0360. The van der Waals surface area contributed by atoms with Crippen LogP contribution in [0.2, 0.25) is 0 Å². The van der Waals surface area contributed by atoms with Crippen molar-refractivity contribution in [2.75, 3.05) is 19.6 Å². The maximum absolute atomic E-state index is 11.4. The Morgan fingerprint density at radius 2 is 1.67 bits per heavy atom. The second-order valence-corrected chi connectivity index (χ2v) is 5.18. The normalized spacial score (nSPS) is 17.2. The molecule has 0 spiro atoms. The van der Waals surface area contributed by atoms with E-state index in [9.17, 15) is 4.79 Å². The lowest BCUT2D eigenvalue weighted by molar-refractivity contribution is 0.240. The van der Waals surface area contributed by atoms with Crippen LogP contribution in [0.3, 0.4) is 0 Å². The number of hydrogen-bond acceptors (Lipinski definition) is 2. The Balaban J connectivity index is 1.95. The summed E-state index contributed by atoms with van der Waals surface area (Å²) in [4.78, 5) is 11.4. The average molecular weight is 255 g/mol. The number of carbonyl (C=O) groups excluding carboxylic acids is 1. The highest BCUT2D eigenvalue weighted by Crippen LogP contribution is 2.16. The van der Waals surface area contributed by atoms with E-state index in [-0.39, 0.29) is 6.03 Å². The molecule has 4 heteroatoms. The molecule has 3 N–H and O–H groups in total. The quantitative estimate of drug-likeness (QED) is 0.483. The Morgan fingerprint density at radius 1 is 1.00 bits per heavy atom. The molecule has 0 heterocycles. The van der Waals surface area contributed by atoms with Crippen LogP contribution < -0.4 is 16.0 Å². The molecule has 0 aromatic rings. The van der Waals surface area contributed by atoms with Gasteiger partial charge in [-0.3, -0.25) is 0 Å². The zero-order valence-corrected chi connectivity index (χ0v) is 11.8. The van der Waals surface area contributed by atoms with Crippen molar-refractivity contribution >= 4 is 6.03 Å². The van der Waals surface area contributed by atoms with Crippen LogP contribution in [0.4, 0.5) is 4.79 Å². The van der Waals surface area contributed by atoms with Gasteiger partial charge in [-0.15, -0.1) is 0 Å². The lowest BCUT2D eigenvalue weighted by Crippen LogP contribution is -2.41. The molecule has 18 heavy (non-hydrogen) atoms. The van der Waals surface area contributed by atoms with Crippen molar-refractivity contribution < 1.29 is 4.79 Å². The van der Waals surface area contributed by atoms with Crippen LogP contribution in [0.25, 0.3) is 0 Å². The van der Waals surface area contributed by atoms with Crippen molar-refractivity contribution in [2.45, 2.75) is 64.3 Å². The van der Waals surface area contributed by atoms with Gasteiger partial charge in [0.1, 0.15) is 0 Å². The van der Waals surface area contributed by atoms with E-state index in [2.05, 4.69) is 22.9 Å². The fraction of sp³-hybridized carbons (Fsp3) is 0.929. The molecule has 2 amide bonds. The number of carbonyl (C=O) groups is 1. The van der Waals surface area contributed by atoms with Gasteiger partial charge in [-0.2, -0.15) is 0 Å². The summed E-state index contributed by atoms with van der Waals surface area (Å²) >= 11 is 0. The number of nitrogens with one attached hydrogen (secondary N) is 3. The predicted molar refractivity (Wildman–Crippen MR) is 75.8 cm³/mol. The summed E-state index contributed by atoms with van der Waals surface area (Å²) in [6.07, 6.45) is 10.2. The fourth-order valence-electron chi connectivity index (χ4n) is 2.38. The average Bonchev–Trinajstić information content (AvgIpc) is 2.63. The summed E-state index contributed by atoms with van der Waals surface area (Å²) in [5.74, 6) is 0. The number of unbranched alkanes of at least 4 members (excludes halogenated alkanes) is 1. The molecule has 0 aromatic carbocycles. The first-order valence-electron chi connectivity index (χ1n) is 7.58. The summed E-state index contributed by atoms with van der Waals surface area (Å²) in [6.45, 7) is 4.49. The highest BCUT2D eigenvalue weighted by atomic mass is 16.2. The minimum Gasteiger partial charge on any atom is -0.338 e. The summed E-state index contributed by atoms with van der Waals surface area (Å²) in [7, 11) is 0. The van der Waals surface area contributed by atoms with Crippen LogP contribution in [-0.2, 0) is 0 Å². The van der Waals surface area contributed by atoms with Gasteiger partial charge in [0.25, 0.3) is 0 Å². The molecule has 1 rings (SSSR count). The largest absolute Gasteiger partial charge is 0.338 e. The number of amides is 2. The Kier molecular flexibility index (Phi) is 8.65. The second-order valence-electron chi connectivity index (χ2n) is 5.18. The molecule has 0 unspecified atom stereocenters. The zero-order valence-electron chi connectivity index (χ0n) is 11.8. The van der Waals surface area contributed by atoms with Crippen LogP contribution in [0.5, 0.6) is 0 Å². The van der Waals surface area contributed by atoms with Gasteiger partial charge < -0.3 is 16.0 Å². The number of rotatable bonds is 7. The van der Waals surface area contributed by atoms with E-state index in [1.165, 1.54) is 38.5 Å². The summed E-state index contributed by atoms with van der Waals surface area (Å²) < 4.78 is 0. The summed E-state index contributed by atoms with van der Waals surface area (Å²) in [6, 6.07) is 0.628. The van der Waals surface area contributed by atoms with E-state index < -0.39 is 0 Å². The van der Waals surface area contributed by atoms with Crippen molar-refractivity contribution in [3.05, 3.63) is 0 Å². The first-order chi connectivity index (χ1) is 8.83. The third-order valence-electron chi connectivity index (χ3n) is 3.51. The van der Waals surface area contributed by atoms with E-state index in [0.717, 1.165) is 25.9 Å². The van der Waals surface area contributed by atoms with Gasteiger partial charge in [0.15, 0.2) is 0 Å². The third-order valence-corrected chi connectivity index (χ3v) is 3.51. The molecule has 0 aromatic heterocycles. The van der Waals surface area contributed by atoms with E-state index in [1.54, 1.807) is 0 Å². The summed E-state index contributed by atoms with van der Waals surface area (Å²) in [5.41, 5.74) is 0. The molecule has 0 bridgehead atoms. The zero-order chi connectivity index (χ0) is 13.1. The molecular weight excluding hydrogens is 226 g/mol. The van der Waals surface area contributed by atoms with E-state index in [1.807, 2.05) is 0 Å². The topological polar surface area (TPSA) is 53.2 Å². The van der Waals surface area contributed by atoms with E-state index >= 15 is 0 Å². The van der Waals surface area contributed by atoms with Crippen molar-refractivity contribution in [2.24, 2.45) is 0 Å². The molecule has 1 aliphatic rings. The van der Waals surface area contributed by atoms with Crippen LogP contribution in [0.15, 0.2) is 0 Å². The molecule has 4 nitrogen and oxygen atoms in total. The predicted octanol–water partition coefficient (Wildman–Crippen LogP) is 2.40. The van der Waals surface area contributed by atoms with E-state index in [0.29, 0.717) is 12.6 Å². The highest BCUT2D eigenvalue weighted by Gasteiger charge is 2.10. The lowest BCUT2D eigenvalue weighted by atomic mass is 10.1. The first-order valence-corrected chi connectivity index (χ1v) is 7.58. The van der Waals surface area contributed by atoms with Crippen molar-refractivity contribution in [1.29, 1.82) is 0 Å². The van der Waals surface area contributed by atoms with Crippen molar-refractivity contribution in [1.82, 2.24) is 16.0 Å². The maximum Gasteiger partial charge on any atom is 0.314 e. The second kappa shape index (κ2) is 10.2. The Labute approximate surface area is 111 Å². The molecule has 1 saturated carbocycles.